The van der Waals surface area contributed by atoms with E-state index in [1.54, 1.807) is 0 Å². The van der Waals surface area contributed by atoms with Crippen molar-refractivity contribution in [3.8, 4) is 0 Å². The SMILES string of the molecule is CC(O)CCCCCCCCCCCCCCCCCCCCCS(=O)(=O)[O-].[K+]. The van der Waals surface area contributed by atoms with Crippen molar-refractivity contribution in [3.63, 3.8) is 0 Å². The number of rotatable bonds is 22. The Morgan fingerprint density at radius 2 is 0.828 bits per heavy atom. The summed E-state index contributed by atoms with van der Waals surface area (Å²) in [6.07, 6.45) is 24.4. The largest absolute Gasteiger partial charge is 1.00 e. The van der Waals surface area contributed by atoms with Gasteiger partial charge in [0.1, 0.15) is 0 Å². The summed E-state index contributed by atoms with van der Waals surface area (Å²) >= 11 is 0. The van der Waals surface area contributed by atoms with Crippen LogP contribution in [0.2, 0.25) is 0 Å². The normalized spacial score (nSPS) is 12.7. The molecule has 1 N–H and O–H groups in total. The zero-order valence-corrected chi connectivity index (χ0v) is 23.4. The third-order valence-corrected chi connectivity index (χ3v) is 6.30. The van der Waals surface area contributed by atoms with Gasteiger partial charge in [0.25, 0.3) is 0 Å². The summed E-state index contributed by atoms with van der Waals surface area (Å²) in [7, 11) is -4.01. The van der Waals surface area contributed by atoms with E-state index in [-0.39, 0.29) is 63.2 Å². The molecule has 0 heterocycles. The van der Waals surface area contributed by atoms with E-state index < -0.39 is 10.1 Å². The molecule has 0 aromatic carbocycles. The molecule has 0 aliphatic rings. The van der Waals surface area contributed by atoms with Gasteiger partial charge in [0.05, 0.1) is 16.2 Å². The fourth-order valence-corrected chi connectivity index (χ4v) is 4.28. The molecule has 6 heteroatoms. The molecule has 0 aromatic rings. The molecule has 0 bridgehead atoms. The molecule has 0 amide bonds. The Kier molecular flexibility index (Phi) is 27.2. The summed E-state index contributed by atoms with van der Waals surface area (Å²) in [6.45, 7) is 1.88. The Labute approximate surface area is 224 Å². The maximum absolute atomic E-state index is 10.5. The molecule has 0 aromatic heterocycles. The van der Waals surface area contributed by atoms with Gasteiger partial charge in [-0.2, -0.15) is 0 Å². The molecule has 0 fully saturated rings. The van der Waals surface area contributed by atoms with E-state index in [4.69, 9.17) is 0 Å². The van der Waals surface area contributed by atoms with E-state index >= 15 is 0 Å². The Bertz CT molecular complexity index is 413. The zero-order valence-electron chi connectivity index (χ0n) is 19.5. The molecular formula is C23H47KO4S. The third kappa shape index (κ3) is 31.8. The van der Waals surface area contributed by atoms with Gasteiger partial charge in [-0.3, -0.25) is 0 Å². The first-order valence-electron chi connectivity index (χ1n) is 12.0. The average molecular weight is 459 g/mol. The molecule has 170 valence electrons. The molecule has 0 saturated heterocycles. The number of hydrogen-bond donors (Lipinski definition) is 1. The quantitative estimate of drug-likeness (QED) is 0.152. The average Bonchev–Trinajstić information content (AvgIpc) is 2.61. The van der Waals surface area contributed by atoms with E-state index in [1.807, 2.05) is 6.92 Å². The Morgan fingerprint density at radius 3 is 1.07 bits per heavy atom. The second-order valence-corrected chi connectivity index (χ2v) is 10.1. The van der Waals surface area contributed by atoms with Crippen molar-refractivity contribution in [3.05, 3.63) is 0 Å². The zero-order chi connectivity index (χ0) is 20.9. The molecule has 29 heavy (non-hydrogen) atoms. The first-order valence-corrected chi connectivity index (χ1v) is 13.6. The van der Waals surface area contributed by atoms with Crippen molar-refractivity contribution < 1.29 is 69.5 Å². The van der Waals surface area contributed by atoms with E-state index in [0.717, 1.165) is 19.3 Å². The van der Waals surface area contributed by atoms with Crippen LogP contribution < -0.4 is 51.4 Å². The van der Waals surface area contributed by atoms with Crippen LogP contribution in [0.5, 0.6) is 0 Å². The molecule has 0 spiro atoms. The van der Waals surface area contributed by atoms with Gasteiger partial charge in [0, 0.05) is 5.75 Å². The summed E-state index contributed by atoms with van der Waals surface area (Å²) < 4.78 is 31.4. The van der Waals surface area contributed by atoms with Gasteiger partial charge in [-0.25, -0.2) is 8.42 Å². The van der Waals surface area contributed by atoms with Gasteiger partial charge in [0.2, 0.25) is 0 Å². The van der Waals surface area contributed by atoms with Crippen LogP contribution in [-0.4, -0.2) is 29.9 Å². The maximum Gasteiger partial charge on any atom is 1.00 e. The van der Waals surface area contributed by atoms with Crippen LogP contribution in [0.1, 0.15) is 135 Å². The van der Waals surface area contributed by atoms with Crippen LogP contribution in [0.15, 0.2) is 0 Å². The minimum atomic E-state index is -4.01. The van der Waals surface area contributed by atoms with Crippen molar-refractivity contribution in [2.75, 3.05) is 5.75 Å². The van der Waals surface area contributed by atoms with Crippen molar-refractivity contribution >= 4 is 10.1 Å². The van der Waals surface area contributed by atoms with Crippen LogP contribution in [0.4, 0.5) is 0 Å². The van der Waals surface area contributed by atoms with Gasteiger partial charge in [-0.15, -0.1) is 0 Å². The van der Waals surface area contributed by atoms with E-state index in [2.05, 4.69) is 0 Å². The number of aliphatic hydroxyl groups excluding tert-OH is 1. The summed E-state index contributed by atoms with van der Waals surface area (Å²) in [5.41, 5.74) is 0. The van der Waals surface area contributed by atoms with Gasteiger partial charge in [-0.05, 0) is 19.8 Å². The van der Waals surface area contributed by atoms with Gasteiger partial charge >= 0.3 is 51.4 Å². The minimum absolute atomic E-state index is 0. The Balaban J connectivity index is 0. The predicted octanol–water partition coefficient (Wildman–Crippen LogP) is 3.72. The summed E-state index contributed by atoms with van der Waals surface area (Å²) in [5, 5.41) is 9.20. The molecule has 0 aliphatic heterocycles. The van der Waals surface area contributed by atoms with Gasteiger partial charge in [0.15, 0.2) is 0 Å². The number of aliphatic hydroxyl groups is 1. The van der Waals surface area contributed by atoms with E-state index in [9.17, 15) is 18.1 Å². The van der Waals surface area contributed by atoms with E-state index in [1.165, 1.54) is 103 Å². The fourth-order valence-electron chi connectivity index (χ4n) is 3.72. The monoisotopic (exact) mass is 458 g/mol. The number of hydrogen-bond acceptors (Lipinski definition) is 4. The van der Waals surface area contributed by atoms with Crippen LogP contribution in [0.3, 0.4) is 0 Å². The van der Waals surface area contributed by atoms with Crippen molar-refractivity contribution in [1.29, 1.82) is 0 Å². The fraction of sp³-hybridized carbons (Fsp3) is 1.00. The second kappa shape index (κ2) is 24.2. The molecule has 0 saturated carbocycles. The number of unbranched alkanes of at least 4 members (excludes halogenated alkanes) is 18. The first-order chi connectivity index (χ1) is 13.4. The molecule has 1 atom stereocenters. The Morgan fingerprint density at radius 1 is 0.586 bits per heavy atom. The van der Waals surface area contributed by atoms with Gasteiger partial charge < -0.3 is 9.66 Å². The van der Waals surface area contributed by atoms with Crippen molar-refractivity contribution in [2.45, 2.75) is 141 Å². The van der Waals surface area contributed by atoms with Crippen LogP contribution in [-0.2, 0) is 10.1 Å². The second-order valence-electron chi connectivity index (χ2n) is 8.62. The summed E-state index contributed by atoms with van der Waals surface area (Å²) in [5.74, 6) is -0.197. The maximum atomic E-state index is 10.5. The molecular weight excluding hydrogens is 411 g/mol. The van der Waals surface area contributed by atoms with E-state index in [0.29, 0.717) is 6.42 Å². The Hall–Kier alpha value is 1.51. The third-order valence-electron chi connectivity index (χ3n) is 5.52. The topological polar surface area (TPSA) is 77.4 Å². The smallest absolute Gasteiger partial charge is 0.748 e. The van der Waals surface area contributed by atoms with Crippen LogP contribution in [0, 0.1) is 0 Å². The minimum Gasteiger partial charge on any atom is -0.748 e. The van der Waals surface area contributed by atoms with Crippen molar-refractivity contribution in [2.24, 2.45) is 0 Å². The molecule has 0 aliphatic carbocycles. The molecule has 1 unspecified atom stereocenters. The summed E-state index contributed by atoms with van der Waals surface area (Å²) in [6, 6.07) is 0. The van der Waals surface area contributed by atoms with Crippen molar-refractivity contribution in [1.82, 2.24) is 0 Å². The molecule has 0 radical (unpaired) electrons. The predicted molar refractivity (Wildman–Crippen MR) is 119 cm³/mol. The first kappa shape index (κ1) is 32.7. The molecule has 0 rings (SSSR count). The van der Waals surface area contributed by atoms with Crippen LogP contribution in [0.25, 0.3) is 0 Å². The van der Waals surface area contributed by atoms with Gasteiger partial charge in [-0.1, -0.05) is 116 Å². The van der Waals surface area contributed by atoms with Crippen LogP contribution >= 0.6 is 0 Å². The standard InChI is InChI=1S/C23H48O4S.K/c1-23(24)21-19-17-15-13-11-9-7-5-3-2-4-6-8-10-12-14-16-18-20-22-28(25,26)27;/h23-24H,2-22H2,1H3,(H,25,26,27);/q;+1/p-1. The molecule has 4 nitrogen and oxygen atoms in total. The summed E-state index contributed by atoms with van der Waals surface area (Å²) in [4.78, 5) is 0.